The van der Waals surface area contributed by atoms with E-state index < -0.39 is 0 Å². The van der Waals surface area contributed by atoms with Crippen LogP contribution in [0.25, 0.3) is 10.8 Å². The summed E-state index contributed by atoms with van der Waals surface area (Å²) in [5.74, 6) is 0.852. The second-order valence-electron chi connectivity index (χ2n) is 8.96. The molecule has 2 aliphatic rings. The fraction of sp³-hybridized carbons (Fsp3) is 0.308. The van der Waals surface area contributed by atoms with Gasteiger partial charge in [-0.05, 0) is 43.9 Å². The molecule has 0 aliphatic carbocycles. The summed E-state index contributed by atoms with van der Waals surface area (Å²) in [5.41, 5.74) is 2.38. The highest BCUT2D eigenvalue weighted by Gasteiger charge is 2.34. The zero-order valence-corrected chi connectivity index (χ0v) is 17.9. The van der Waals surface area contributed by atoms with Gasteiger partial charge in [0.25, 0.3) is 5.91 Å². The van der Waals surface area contributed by atoms with Crippen LogP contribution < -0.4 is 15.0 Å². The number of ether oxygens (including phenoxy) is 1. The van der Waals surface area contributed by atoms with Gasteiger partial charge in [0.05, 0.1) is 11.7 Å². The van der Waals surface area contributed by atoms with Gasteiger partial charge in [-0.15, -0.1) is 0 Å². The summed E-state index contributed by atoms with van der Waals surface area (Å²) in [5, 5.41) is 5.27. The quantitative estimate of drug-likeness (QED) is 0.639. The number of amides is 2. The van der Waals surface area contributed by atoms with Gasteiger partial charge in [-0.3, -0.25) is 9.59 Å². The van der Waals surface area contributed by atoms with Crippen molar-refractivity contribution in [3.63, 3.8) is 0 Å². The maximum Gasteiger partial charge on any atom is 0.258 e. The molecule has 5 rings (SSSR count). The van der Waals surface area contributed by atoms with Crippen molar-refractivity contribution in [3.05, 3.63) is 71.8 Å². The van der Waals surface area contributed by atoms with E-state index in [-0.39, 0.29) is 23.5 Å². The van der Waals surface area contributed by atoms with Crippen LogP contribution in [0.2, 0.25) is 0 Å². The molecule has 0 saturated heterocycles. The Balaban J connectivity index is 1.24. The predicted molar refractivity (Wildman–Crippen MR) is 122 cm³/mol. The lowest BCUT2D eigenvalue weighted by atomic mass is 9.89. The van der Waals surface area contributed by atoms with Crippen molar-refractivity contribution in [2.24, 2.45) is 0 Å². The number of rotatable bonds is 5. The minimum Gasteiger partial charge on any atom is -0.487 e. The third-order valence-electron chi connectivity index (χ3n) is 6.15. The van der Waals surface area contributed by atoms with Gasteiger partial charge in [-0.1, -0.05) is 42.5 Å². The van der Waals surface area contributed by atoms with Crippen molar-refractivity contribution >= 4 is 28.3 Å². The maximum absolute atomic E-state index is 12.9. The first-order chi connectivity index (χ1) is 14.9. The SMILES string of the molecule is CC1(C)CC(NC(=O)CCCN2C(=O)c3cccc4cccc2c34)c2ccccc2O1. The molecule has 0 spiro atoms. The number of para-hydroxylation sites is 1. The summed E-state index contributed by atoms with van der Waals surface area (Å²) < 4.78 is 6.05. The molecule has 0 saturated carbocycles. The molecule has 0 bridgehead atoms. The van der Waals surface area contributed by atoms with E-state index in [1.54, 1.807) is 4.90 Å². The van der Waals surface area contributed by atoms with Gasteiger partial charge in [-0.25, -0.2) is 0 Å². The highest BCUT2D eigenvalue weighted by molar-refractivity contribution is 6.25. The van der Waals surface area contributed by atoms with E-state index in [2.05, 4.69) is 5.32 Å². The first kappa shape index (κ1) is 19.6. The molecule has 158 valence electrons. The van der Waals surface area contributed by atoms with E-state index in [9.17, 15) is 9.59 Å². The second-order valence-corrected chi connectivity index (χ2v) is 8.96. The molecule has 0 fully saturated rings. The zero-order chi connectivity index (χ0) is 21.6. The fourth-order valence-corrected chi connectivity index (χ4v) is 4.80. The van der Waals surface area contributed by atoms with E-state index in [1.807, 2.05) is 74.5 Å². The first-order valence-corrected chi connectivity index (χ1v) is 10.8. The molecular weight excluding hydrogens is 388 g/mol. The third kappa shape index (κ3) is 3.54. The summed E-state index contributed by atoms with van der Waals surface area (Å²) >= 11 is 0. The molecule has 0 radical (unpaired) electrons. The van der Waals surface area contributed by atoms with Crippen molar-refractivity contribution in [3.8, 4) is 5.75 Å². The van der Waals surface area contributed by atoms with E-state index in [0.29, 0.717) is 19.4 Å². The van der Waals surface area contributed by atoms with Gasteiger partial charge in [0.15, 0.2) is 0 Å². The highest BCUT2D eigenvalue weighted by atomic mass is 16.5. The molecule has 2 aliphatic heterocycles. The van der Waals surface area contributed by atoms with Crippen LogP contribution in [0.5, 0.6) is 5.75 Å². The zero-order valence-electron chi connectivity index (χ0n) is 17.9. The van der Waals surface area contributed by atoms with Crippen LogP contribution in [0.4, 0.5) is 5.69 Å². The molecular formula is C26H26N2O3. The third-order valence-corrected chi connectivity index (χ3v) is 6.15. The number of fused-ring (bicyclic) bond motifs is 1. The highest BCUT2D eigenvalue weighted by Crippen LogP contribution is 2.39. The number of carbonyl (C=O) groups excluding carboxylic acids is 2. The van der Waals surface area contributed by atoms with Crippen LogP contribution in [0.1, 0.15) is 55.1 Å². The molecule has 31 heavy (non-hydrogen) atoms. The monoisotopic (exact) mass is 414 g/mol. The molecule has 3 aromatic rings. The normalized spacial score (nSPS) is 18.6. The molecule has 1 N–H and O–H groups in total. The lowest BCUT2D eigenvalue weighted by Crippen LogP contribution is -2.41. The van der Waals surface area contributed by atoms with Gasteiger partial charge in [0.2, 0.25) is 5.91 Å². The average Bonchev–Trinajstić information content (AvgIpc) is 3.01. The number of anilines is 1. The largest absolute Gasteiger partial charge is 0.487 e. The predicted octanol–water partition coefficient (Wildman–Crippen LogP) is 5.00. The van der Waals surface area contributed by atoms with Crippen LogP contribution in [0.15, 0.2) is 60.7 Å². The van der Waals surface area contributed by atoms with Crippen molar-refractivity contribution in [1.82, 2.24) is 5.32 Å². The molecule has 2 heterocycles. The van der Waals surface area contributed by atoms with Crippen LogP contribution in [-0.2, 0) is 4.79 Å². The lowest BCUT2D eigenvalue weighted by molar-refractivity contribution is -0.122. The average molecular weight is 415 g/mol. The summed E-state index contributed by atoms with van der Waals surface area (Å²) in [6.45, 7) is 4.61. The Labute approximate surface area is 182 Å². The Kier molecular flexibility index (Phi) is 4.69. The number of nitrogens with one attached hydrogen (secondary N) is 1. The minimum absolute atomic E-state index is 0.000119. The van der Waals surface area contributed by atoms with Crippen LogP contribution >= 0.6 is 0 Å². The Bertz CT molecular complexity index is 1180. The standard InChI is InChI=1S/C26H26N2O3/c1-26(2)16-20(18-10-3-4-13-22(18)31-26)27-23(29)14-7-15-28-21-12-6-9-17-8-5-11-19(24(17)21)25(28)30/h3-6,8-13,20H,7,14-16H2,1-2H3,(H,27,29). The van der Waals surface area contributed by atoms with E-state index in [0.717, 1.165) is 39.8 Å². The van der Waals surface area contributed by atoms with E-state index >= 15 is 0 Å². The Morgan fingerprint density at radius 1 is 1.10 bits per heavy atom. The number of hydrogen-bond donors (Lipinski definition) is 1. The van der Waals surface area contributed by atoms with Crippen LogP contribution in [-0.4, -0.2) is 24.0 Å². The Morgan fingerprint density at radius 3 is 2.71 bits per heavy atom. The van der Waals surface area contributed by atoms with E-state index in [1.165, 1.54) is 0 Å². The van der Waals surface area contributed by atoms with Gasteiger partial charge in [0.1, 0.15) is 11.4 Å². The summed E-state index contributed by atoms with van der Waals surface area (Å²) in [6.07, 6.45) is 1.70. The number of carbonyl (C=O) groups is 2. The smallest absolute Gasteiger partial charge is 0.258 e. The number of nitrogens with zero attached hydrogens (tertiary/aromatic N) is 1. The topological polar surface area (TPSA) is 58.6 Å². The van der Waals surface area contributed by atoms with E-state index in [4.69, 9.17) is 4.74 Å². The number of hydrogen-bond acceptors (Lipinski definition) is 3. The van der Waals surface area contributed by atoms with Gasteiger partial charge >= 0.3 is 0 Å². The van der Waals surface area contributed by atoms with Crippen molar-refractivity contribution < 1.29 is 14.3 Å². The van der Waals surface area contributed by atoms with Gasteiger partial charge in [-0.2, -0.15) is 0 Å². The van der Waals surface area contributed by atoms with Crippen LogP contribution in [0, 0.1) is 0 Å². The molecule has 1 atom stereocenters. The molecule has 3 aromatic carbocycles. The number of benzene rings is 3. The summed E-state index contributed by atoms with van der Waals surface area (Å²) in [6, 6.07) is 19.6. The second kappa shape index (κ2) is 7.41. The van der Waals surface area contributed by atoms with Crippen molar-refractivity contribution in [2.75, 3.05) is 11.4 Å². The molecule has 2 amide bonds. The summed E-state index contributed by atoms with van der Waals surface area (Å²) in [4.78, 5) is 27.4. The van der Waals surface area contributed by atoms with Crippen LogP contribution in [0.3, 0.4) is 0 Å². The minimum atomic E-state index is -0.335. The molecule has 5 nitrogen and oxygen atoms in total. The van der Waals surface area contributed by atoms with Gasteiger partial charge < -0.3 is 15.0 Å². The van der Waals surface area contributed by atoms with Crippen molar-refractivity contribution in [2.45, 2.75) is 44.8 Å². The first-order valence-electron chi connectivity index (χ1n) is 10.8. The van der Waals surface area contributed by atoms with Crippen molar-refractivity contribution in [1.29, 1.82) is 0 Å². The molecule has 5 heteroatoms. The Hall–Kier alpha value is -3.34. The lowest BCUT2D eigenvalue weighted by Gasteiger charge is -2.37. The summed E-state index contributed by atoms with van der Waals surface area (Å²) in [7, 11) is 0. The molecule has 0 aromatic heterocycles. The molecule has 1 unspecified atom stereocenters. The fourth-order valence-electron chi connectivity index (χ4n) is 4.80. The maximum atomic E-state index is 12.9. The Morgan fingerprint density at radius 2 is 1.87 bits per heavy atom. The van der Waals surface area contributed by atoms with Gasteiger partial charge in [0, 0.05) is 35.9 Å².